The van der Waals surface area contributed by atoms with Crippen molar-refractivity contribution in [1.29, 1.82) is 0 Å². The smallest absolute Gasteiger partial charge is 0.314 e. The van der Waals surface area contributed by atoms with Crippen molar-refractivity contribution < 1.29 is 76.5 Å². The van der Waals surface area contributed by atoms with Gasteiger partial charge in [-0.05, 0) is 89.3 Å². The summed E-state index contributed by atoms with van der Waals surface area (Å²) in [5, 5.41) is 10.6. The summed E-state index contributed by atoms with van der Waals surface area (Å²) in [4.78, 5) is 47.7. The molecule has 3 aromatic heterocycles. The number of hydrogen-bond donors (Lipinski definition) is 2. The van der Waals surface area contributed by atoms with Crippen LogP contribution in [0.5, 0.6) is 17.2 Å². The normalized spacial score (nSPS) is 23.0. The van der Waals surface area contributed by atoms with Gasteiger partial charge < -0.3 is 34.4 Å². The lowest BCUT2D eigenvalue weighted by molar-refractivity contribution is -0.155. The number of ether oxygens (including phenoxy) is 3. The molecule has 6 rings (SSSR count). The maximum atomic E-state index is 13.2. The van der Waals surface area contributed by atoms with E-state index in [2.05, 4.69) is 68.1 Å². The molecule has 3 aliphatic heterocycles. The fourth-order valence-corrected chi connectivity index (χ4v) is 5.60. The number of aliphatic carboxylic acids is 1. The molecule has 0 saturated carbocycles. The fourth-order valence-electron chi connectivity index (χ4n) is 4.23. The van der Waals surface area contributed by atoms with E-state index >= 15 is 0 Å². The maximum absolute atomic E-state index is 13.2. The molecule has 0 fully saturated rings. The summed E-state index contributed by atoms with van der Waals surface area (Å²) in [6.45, 7) is -11.4. The third-order valence-electron chi connectivity index (χ3n) is 8.46. The van der Waals surface area contributed by atoms with Gasteiger partial charge in [0.15, 0.2) is 0 Å². The van der Waals surface area contributed by atoms with Gasteiger partial charge in [-0.25, -0.2) is 26.3 Å². The molecule has 338 valence electrons. The van der Waals surface area contributed by atoms with E-state index in [1.165, 1.54) is 37.2 Å². The molecule has 0 radical (unpaired) electrons. The van der Waals surface area contributed by atoms with Crippen molar-refractivity contribution in [1.82, 2.24) is 30.1 Å². The number of carboxylic acids is 1. The molecule has 0 aliphatic carbocycles. The quantitative estimate of drug-likeness (QED) is 0.229. The Kier molecular flexibility index (Phi) is 13.2. The Morgan fingerprint density at radius 2 is 0.984 bits per heavy atom. The number of pyridine rings is 3. The Morgan fingerprint density at radius 3 is 1.33 bits per heavy atom. The first-order valence-corrected chi connectivity index (χ1v) is 19.7. The monoisotopic (exact) mass is 1070 g/mol. The van der Waals surface area contributed by atoms with E-state index in [0.29, 0.717) is 19.8 Å². The average Bonchev–Trinajstić information content (AvgIpc) is 3.45. The molecule has 0 aromatic carbocycles. The van der Waals surface area contributed by atoms with E-state index in [0.717, 1.165) is 41.5 Å². The fraction of sp³-hybridized carbons (Fsp3) is 0.538. The van der Waals surface area contributed by atoms with E-state index < -0.39 is 106 Å². The van der Waals surface area contributed by atoms with E-state index in [-0.39, 0.29) is 43.9 Å². The Balaban J connectivity index is 0.000000271. The van der Waals surface area contributed by atoms with Crippen LogP contribution in [0.15, 0.2) is 50.6 Å². The molecule has 3 aliphatic rings. The van der Waals surface area contributed by atoms with Crippen molar-refractivity contribution in [2.75, 3.05) is 39.2 Å². The van der Waals surface area contributed by atoms with Gasteiger partial charge in [-0.15, -0.1) is 0 Å². The summed E-state index contributed by atoms with van der Waals surface area (Å²) in [6.07, 6.45) is -0.710. The van der Waals surface area contributed by atoms with Crippen LogP contribution in [0.25, 0.3) is 0 Å². The van der Waals surface area contributed by atoms with Crippen molar-refractivity contribution in [3.05, 3.63) is 67.3 Å². The number of nitrogens with zero attached hydrogens (tertiary/aromatic N) is 5. The number of rotatable bonds is 6. The van der Waals surface area contributed by atoms with Crippen molar-refractivity contribution in [2.24, 2.45) is 16.2 Å². The molecule has 0 atom stereocenters. The molecule has 0 spiro atoms. The van der Waals surface area contributed by atoms with Gasteiger partial charge >= 0.3 is 5.97 Å². The number of aromatic nitrogens is 3. The number of fused-ring (bicyclic) bond motifs is 3. The van der Waals surface area contributed by atoms with Gasteiger partial charge in [0.25, 0.3) is 19.3 Å². The SMILES string of the molecule is CC(C)(C(=O)O)C(F)F.[2H]C1([2H])NCc2cncc(Br)c2OC1([2H])[2H].[2H]C1([2H])Oc2c(Br)cncc2CN(C(=O)C(C)(C)C(F)F)C1([2H])[2H].[2H]C1([2H])Oc2c(Br)cncc2CN(C(=O)C(C)(C)C(F)F)C1([2H])[2H]. The minimum atomic E-state index is -3.05. The Morgan fingerprint density at radius 1 is 0.639 bits per heavy atom. The summed E-state index contributed by atoms with van der Waals surface area (Å²) < 4.78 is 186. The standard InChI is InChI=1S/2C13H15BrF2N2O2.C8H9BrN2O.C5H8F2O2/c2*1-13(2,11(15)16)12(19)18-3-4-20-10-8(7-18)5-17-6-9(10)14;9-7-5-11-4-6-3-10-1-2-12-8(6)7;1-5(2,3(6)7)4(8)9/h2*5-6,11H,3-4,7H2,1-2H3;4-5,10H,1-3H2;3H,1-2H3,(H,8,9)/i2*3D2,4D2;1D2,2D2;. The molecule has 2 N–H and O–H groups in total. The van der Waals surface area contributed by atoms with Crippen LogP contribution in [0.4, 0.5) is 26.3 Å². The van der Waals surface area contributed by atoms with Crippen LogP contribution >= 0.6 is 47.8 Å². The second kappa shape index (κ2) is 22.5. The number of halogens is 9. The van der Waals surface area contributed by atoms with E-state index in [9.17, 15) is 40.7 Å². The lowest BCUT2D eigenvalue weighted by Gasteiger charge is -2.30. The first-order chi connectivity index (χ1) is 32.9. The van der Waals surface area contributed by atoms with Crippen LogP contribution in [-0.4, -0.2) is 106 Å². The molecule has 61 heavy (non-hydrogen) atoms. The number of amides is 2. The highest BCUT2D eigenvalue weighted by Crippen LogP contribution is 2.35. The first-order valence-electron chi connectivity index (χ1n) is 23.3. The second-order valence-electron chi connectivity index (χ2n) is 14.3. The predicted octanol–water partition coefficient (Wildman–Crippen LogP) is 8.40. The van der Waals surface area contributed by atoms with Crippen LogP contribution in [0.1, 0.15) is 74.7 Å². The van der Waals surface area contributed by atoms with Crippen LogP contribution in [0.2, 0.25) is 0 Å². The zero-order valence-corrected chi connectivity index (χ0v) is 37.6. The summed E-state index contributed by atoms with van der Waals surface area (Å²) in [5.41, 5.74) is -5.28. The molecule has 3 aromatic rings. The zero-order valence-electron chi connectivity index (χ0n) is 44.9. The third-order valence-corrected chi connectivity index (χ3v) is 10.2. The van der Waals surface area contributed by atoms with Crippen molar-refractivity contribution >= 4 is 65.6 Å². The van der Waals surface area contributed by atoms with Gasteiger partial charge in [-0.1, -0.05) is 0 Å². The lowest BCUT2D eigenvalue weighted by Crippen LogP contribution is -2.45. The molecule has 6 heterocycles. The molecule has 13 nitrogen and oxygen atoms in total. The number of carboxylic acid groups (broad SMARTS) is 1. The number of hydrogen-bond acceptors (Lipinski definition) is 10. The highest BCUT2D eigenvalue weighted by molar-refractivity contribution is 9.11. The van der Waals surface area contributed by atoms with Crippen LogP contribution in [0, 0.1) is 16.2 Å². The molecular formula is C39H47Br3F6N6O7. The summed E-state index contributed by atoms with van der Waals surface area (Å²) in [7, 11) is 0. The predicted molar refractivity (Wildman–Crippen MR) is 222 cm³/mol. The Labute approximate surface area is 391 Å². The van der Waals surface area contributed by atoms with Crippen LogP contribution < -0.4 is 19.5 Å². The van der Waals surface area contributed by atoms with Gasteiger partial charge in [0.1, 0.15) is 53.2 Å². The first kappa shape index (κ1) is 35.7. The van der Waals surface area contributed by atoms with Gasteiger partial charge in [-0.2, -0.15) is 0 Å². The molecule has 0 saturated heterocycles. The number of nitrogens with one attached hydrogen (secondary N) is 1. The highest BCUT2D eigenvalue weighted by atomic mass is 79.9. The summed E-state index contributed by atoms with van der Waals surface area (Å²) in [5.74, 6) is -3.68. The van der Waals surface area contributed by atoms with Gasteiger partial charge in [0.2, 0.25) is 11.8 Å². The molecule has 0 unspecified atom stereocenters. The van der Waals surface area contributed by atoms with Gasteiger partial charge in [0, 0.05) is 69.7 Å². The summed E-state index contributed by atoms with van der Waals surface area (Å²) in [6, 6.07) is 0. The van der Waals surface area contributed by atoms with E-state index in [4.69, 9.17) is 35.8 Å². The maximum Gasteiger partial charge on any atom is 0.314 e. The number of carbonyl (C=O) groups excluding carboxylic acids is 2. The number of alkyl halides is 6. The average molecular weight is 1080 g/mol. The van der Waals surface area contributed by atoms with Crippen LogP contribution in [0.3, 0.4) is 0 Å². The van der Waals surface area contributed by atoms with Gasteiger partial charge in [-0.3, -0.25) is 29.3 Å². The second-order valence-corrected chi connectivity index (χ2v) is 16.9. The molecule has 0 bridgehead atoms. The van der Waals surface area contributed by atoms with Gasteiger partial charge in [0.05, 0.1) is 53.2 Å². The highest BCUT2D eigenvalue weighted by Gasteiger charge is 2.42. The van der Waals surface area contributed by atoms with E-state index in [1.54, 1.807) is 0 Å². The minimum absolute atomic E-state index is 0.0240. The minimum Gasteiger partial charge on any atom is -0.491 e. The Hall–Kier alpha value is -3.76. The third kappa shape index (κ3) is 13.6. The molecule has 2 amide bonds. The largest absolute Gasteiger partial charge is 0.491 e. The van der Waals surface area contributed by atoms with Crippen molar-refractivity contribution in [3.8, 4) is 17.2 Å². The van der Waals surface area contributed by atoms with E-state index in [1.807, 2.05) is 0 Å². The zero-order chi connectivity index (χ0) is 56.6. The summed E-state index contributed by atoms with van der Waals surface area (Å²) >= 11 is 9.45. The molecule has 22 heteroatoms. The lowest BCUT2D eigenvalue weighted by atomic mass is 9.92. The van der Waals surface area contributed by atoms with Crippen LogP contribution in [-0.2, 0) is 34.0 Å². The number of carbonyl (C=O) groups is 3. The van der Waals surface area contributed by atoms with Crippen molar-refractivity contribution in [3.63, 3.8) is 0 Å². The topological polar surface area (TPSA) is 156 Å². The molecular weight excluding hydrogens is 1020 g/mol. The van der Waals surface area contributed by atoms with Crippen molar-refractivity contribution in [2.45, 2.75) is 80.5 Å². The Bertz CT molecular complexity index is 2410.